The van der Waals surface area contributed by atoms with Crippen LogP contribution >= 0.6 is 11.6 Å². The molecule has 0 N–H and O–H groups in total. The number of carbonyl (C=O) groups is 2. The molecule has 0 aliphatic carbocycles. The maximum atomic E-state index is 13.1. The van der Waals surface area contributed by atoms with Crippen molar-refractivity contribution in [1.82, 2.24) is 0 Å². The van der Waals surface area contributed by atoms with Gasteiger partial charge in [-0.15, -0.1) is 0 Å². The number of nitrogens with zero attached hydrogens (tertiary/aromatic N) is 1. The fraction of sp³-hybridized carbons (Fsp3) is 0.0833. The Morgan fingerprint density at radius 2 is 1.83 bits per heavy atom. The zero-order chi connectivity index (χ0) is 21.3. The quantitative estimate of drug-likeness (QED) is 0.318. The van der Waals surface area contributed by atoms with Crippen molar-refractivity contribution in [3.8, 4) is 11.3 Å². The van der Waals surface area contributed by atoms with Gasteiger partial charge in [0.1, 0.15) is 17.1 Å². The third-order valence-corrected chi connectivity index (χ3v) is 5.05. The fourth-order valence-corrected chi connectivity index (χ4v) is 3.62. The summed E-state index contributed by atoms with van der Waals surface area (Å²) in [4.78, 5) is 27.1. The fourth-order valence-electron chi connectivity index (χ4n) is 3.43. The molecule has 150 valence electrons. The summed E-state index contributed by atoms with van der Waals surface area (Å²) in [6.07, 6.45) is 1.63. The molecule has 0 fully saturated rings. The molecule has 30 heavy (non-hydrogen) atoms. The lowest BCUT2D eigenvalue weighted by molar-refractivity contribution is -0.137. The van der Waals surface area contributed by atoms with E-state index in [-0.39, 0.29) is 5.57 Å². The van der Waals surface area contributed by atoms with Crippen molar-refractivity contribution >= 4 is 35.1 Å². The average Bonchev–Trinajstić information content (AvgIpc) is 3.31. The summed E-state index contributed by atoms with van der Waals surface area (Å²) in [5.74, 6) is 0.0249. The van der Waals surface area contributed by atoms with Crippen LogP contribution in [0.1, 0.15) is 12.7 Å². The van der Waals surface area contributed by atoms with Crippen LogP contribution in [0.25, 0.3) is 17.4 Å². The highest BCUT2D eigenvalue weighted by atomic mass is 35.5. The second-order valence-electron chi connectivity index (χ2n) is 6.69. The normalized spacial score (nSPS) is 15.2. The molecular formula is C24H18ClNO4. The van der Waals surface area contributed by atoms with Crippen molar-refractivity contribution in [3.63, 3.8) is 0 Å². The number of ether oxygens (including phenoxy) is 1. The highest BCUT2D eigenvalue weighted by molar-refractivity contribution is 6.31. The van der Waals surface area contributed by atoms with Crippen LogP contribution in [-0.4, -0.2) is 18.9 Å². The van der Waals surface area contributed by atoms with Gasteiger partial charge < -0.3 is 14.1 Å². The number of rotatable bonds is 4. The van der Waals surface area contributed by atoms with Gasteiger partial charge in [-0.25, -0.2) is 4.79 Å². The molecule has 6 heteroatoms. The number of carbonyl (C=O) groups excluding carboxylic acids is 2. The molecule has 0 spiro atoms. The second kappa shape index (κ2) is 8.05. The summed E-state index contributed by atoms with van der Waals surface area (Å²) in [6.45, 7) is 1.72. The minimum absolute atomic E-state index is 0.00854. The molecule has 1 aromatic heterocycles. The van der Waals surface area contributed by atoms with Gasteiger partial charge in [0.2, 0.25) is 5.78 Å². The average molecular weight is 420 g/mol. The van der Waals surface area contributed by atoms with E-state index in [4.69, 9.17) is 20.8 Å². The highest BCUT2D eigenvalue weighted by Crippen LogP contribution is 2.36. The number of methoxy groups -OCH3 is 1. The van der Waals surface area contributed by atoms with E-state index in [0.717, 1.165) is 11.3 Å². The first kappa shape index (κ1) is 19.7. The van der Waals surface area contributed by atoms with Crippen LogP contribution in [0, 0.1) is 0 Å². The summed E-state index contributed by atoms with van der Waals surface area (Å²) in [5.41, 5.74) is 2.41. The van der Waals surface area contributed by atoms with E-state index >= 15 is 0 Å². The Morgan fingerprint density at radius 3 is 2.53 bits per heavy atom. The van der Waals surface area contributed by atoms with Crippen LogP contribution in [0.4, 0.5) is 5.69 Å². The van der Waals surface area contributed by atoms with Crippen LogP contribution in [0.5, 0.6) is 0 Å². The molecule has 5 nitrogen and oxygen atoms in total. The van der Waals surface area contributed by atoms with Crippen LogP contribution in [-0.2, 0) is 14.3 Å². The monoisotopic (exact) mass is 419 g/mol. The van der Waals surface area contributed by atoms with Crippen molar-refractivity contribution in [1.29, 1.82) is 0 Å². The van der Waals surface area contributed by atoms with E-state index in [1.165, 1.54) is 7.11 Å². The van der Waals surface area contributed by atoms with Crippen LogP contribution in [0.15, 0.2) is 88.1 Å². The Labute approximate surface area is 178 Å². The van der Waals surface area contributed by atoms with Gasteiger partial charge in [-0.1, -0.05) is 41.9 Å². The van der Waals surface area contributed by atoms with Gasteiger partial charge in [0.15, 0.2) is 0 Å². The number of furan rings is 1. The standard InChI is InChI=1S/C24H18ClNO4/c1-15-22(24(28)29-2)23(27)20(26(15)18-9-4-3-5-10-18)14-19-11-12-21(30-19)16-7-6-8-17(25)13-16/h3-14H,1-2H3/b20-14+. The molecule has 1 aliphatic rings. The molecule has 2 heterocycles. The number of hydrogen-bond donors (Lipinski definition) is 0. The Morgan fingerprint density at radius 1 is 1.07 bits per heavy atom. The van der Waals surface area contributed by atoms with E-state index in [2.05, 4.69) is 0 Å². The largest absolute Gasteiger partial charge is 0.465 e. The number of hydrogen-bond acceptors (Lipinski definition) is 5. The molecule has 0 bridgehead atoms. The molecule has 0 unspecified atom stereocenters. The van der Waals surface area contributed by atoms with Crippen molar-refractivity contribution in [2.24, 2.45) is 0 Å². The zero-order valence-electron chi connectivity index (χ0n) is 16.4. The number of esters is 1. The topological polar surface area (TPSA) is 59.8 Å². The zero-order valence-corrected chi connectivity index (χ0v) is 17.1. The molecule has 1 aliphatic heterocycles. The first-order valence-electron chi connectivity index (χ1n) is 9.26. The molecule has 4 rings (SSSR count). The molecule has 0 radical (unpaired) electrons. The molecule has 0 amide bonds. The molecule has 2 aromatic carbocycles. The van der Waals surface area contributed by atoms with E-state index in [1.807, 2.05) is 48.5 Å². The second-order valence-corrected chi connectivity index (χ2v) is 7.13. The first-order chi connectivity index (χ1) is 14.5. The van der Waals surface area contributed by atoms with Crippen LogP contribution in [0.2, 0.25) is 5.02 Å². The number of halogens is 1. The predicted molar refractivity (Wildman–Crippen MR) is 116 cm³/mol. The van der Waals surface area contributed by atoms with Crippen LogP contribution in [0.3, 0.4) is 0 Å². The van der Waals surface area contributed by atoms with Gasteiger partial charge in [-0.3, -0.25) is 4.79 Å². The third kappa shape index (κ3) is 3.55. The Hall–Kier alpha value is -3.57. The van der Waals surface area contributed by atoms with Gasteiger partial charge in [0, 0.05) is 28.0 Å². The van der Waals surface area contributed by atoms with Gasteiger partial charge in [0.25, 0.3) is 0 Å². The van der Waals surface area contributed by atoms with Gasteiger partial charge in [0.05, 0.1) is 12.8 Å². The van der Waals surface area contributed by atoms with Gasteiger partial charge in [-0.2, -0.15) is 0 Å². The number of Topliss-reactive ketones (excluding diaryl/α,β-unsaturated/α-hetero) is 1. The first-order valence-corrected chi connectivity index (χ1v) is 9.64. The smallest absolute Gasteiger partial charge is 0.343 e. The third-order valence-electron chi connectivity index (χ3n) is 4.82. The summed E-state index contributed by atoms with van der Waals surface area (Å²) in [7, 11) is 1.26. The molecular weight excluding hydrogens is 402 g/mol. The Kier molecular flexibility index (Phi) is 5.29. The number of ketones is 1. The SMILES string of the molecule is COC(=O)C1=C(C)N(c2ccccc2)/C(=C/c2ccc(-c3cccc(Cl)c3)o2)C1=O. The van der Waals surface area contributed by atoms with Crippen molar-refractivity contribution in [2.75, 3.05) is 12.0 Å². The number of benzene rings is 2. The summed E-state index contributed by atoms with van der Waals surface area (Å²) < 4.78 is 10.8. The predicted octanol–water partition coefficient (Wildman–Crippen LogP) is 5.48. The molecule has 0 saturated carbocycles. The highest BCUT2D eigenvalue weighted by Gasteiger charge is 2.38. The number of allylic oxidation sites excluding steroid dienone is 2. The minimum Gasteiger partial charge on any atom is -0.465 e. The lowest BCUT2D eigenvalue weighted by Gasteiger charge is -2.21. The number of anilines is 1. The summed E-state index contributed by atoms with van der Waals surface area (Å²) in [6, 6.07) is 20.2. The molecule has 0 atom stereocenters. The van der Waals surface area contributed by atoms with E-state index in [1.54, 1.807) is 36.1 Å². The van der Waals surface area contributed by atoms with Crippen molar-refractivity contribution < 1.29 is 18.7 Å². The lowest BCUT2D eigenvalue weighted by atomic mass is 10.1. The van der Waals surface area contributed by atoms with Crippen molar-refractivity contribution in [3.05, 3.63) is 94.5 Å². The maximum Gasteiger partial charge on any atom is 0.343 e. The summed E-state index contributed by atoms with van der Waals surface area (Å²) in [5, 5.41) is 0.604. The Balaban J connectivity index is 1.78. The van der Waals surface area contributed by atoms with E-state index in [0.29, 0.717) is 27.9 Å². The Bertz CT molecular complexity index is 1190. The van der Waals surface area contributed by atoms with E-state index < -0.39 is 11.8 Å². The number of para-hydroxylation sites is 1. The lowest BCUT2D eigenvalue weighted by Crippen LogP contribution is -2.18. The molecule has 3 aromatic rings. The summed E-state index contributed by atoms with van der Waals surface area (Å²) >= 11 is 6.07. The maximum absolute atomic E-state index is 13.1. The van der Waals surface area contributed by atoms with Crippen LogP contribution < -0.4 is 4.90 Å². The van der Waals surface area contributed by atoms with Gasteiger partial charge in [-0.05, 0) is 43.3 Å². The molecule has 0 saturated heterocycles. The van der Waals surface area contributed by atoms with Gasteiger partial charge >= 0.3 is 5.97 Å². The van der Waals surface area contributed by atoms with E-state index in [9.17, 15) is 9.59 Å². The minimum atomic E-state index is -0.666. The van der Waals surface area contributed by atoms with Crippen molar-refractivity contribution in [2.45, 2.75) is 6.92 Å².